The molecule has 0 aliphatic heterocycles. The lowest BCUT2D eigenvalue weighted by molar-refractivity contribution is 0.412. The van der Waals surface area contributed by atoms with Gasteiger partial charge < -0.3 is 10.1 Å². The third-order valence-corrected chi connectivity index (χ3v) is 3.67. The van der Waals surface area contributed by atoms with Gasteiger partial charge in [0, 0.05) is 10.5 Å². The maximum Gasteiger partial charge on any atom is 0.224 e. The van der Waals surface area contributed by atoms with Crippen LogP contribution in [0.25, 0.3) is 0 Å². The highest BCUT2D eigenvalue weighted by molar-refractivity contribution is 9.11. The average molecular weight is 411 g/mol. The van der Waals surface area contributed by atoms with Crippen molar-refractivity contribution in [3.63, 3.8) is 0 Å². The maximum absolute atomic E-state index is 13.5. The quantitative estimate of drug-likeness (QED) is 0.753. The molecule has 4 nitrogen and oxygen atoms in total. The van der Waals surface area contributed by atoms with Crippen LogP contribution in [0.5, 0.6) is 5.75 Å². The molecule has 1 aromatic carbocycles. The average Bonchev–Trinajstić information content (AvgIpc) is 2.37. The van der Waals surface area contributed by atoms with Crippen LogP contribution in [-0.4, -0.2) is 17.1 Å². The van der Waals surface area contributed by atoms with E-state index in [2.05, 4.69) is 47.1 Å². The van der Waals surface area contributed by atoms with Gasteiger partial charge in [0.2, 0.25) is 5.28 Å². The van der Waals surface area contributed by atoms with Crippen LogP contribution in [0, 0.1) is 5.82 Å². The topological polar surface area (TPSA) is 47.0 Å². The molecule has 0 atom stereocenters. The number of halogens is 4. The molecule has 0 spiro atoms. The fraction of sp³-hybridized carbons (Fsp3) is 0.0909. The smallest absolute Gasteiger partial charge is 0.224 e. The molecule has 100 valence electrons. The first-order valence-corrected chi connectivity index (χ1v) is 6.95. The van der Waals surface area contributed by atoms with Gasteiger partial charge in [0.15, 0.2) is 11.6 Å². The molecule has 1 aromatic heterocycles. The summed E-state index contributed by atoms with van der Waals surface area (Å²) in [6.07, 6.45) is 1.00. The third-order valence-electron chi connectivity index (χ3n) is 2.21. The Hall–Kier alpha value is -0.920. The molecule has 0 saturated heterocycles. The van der Waals surface area contributed by atoms with Crippen LogP contribution >= 0.6 is 43.5 Å². The van der Waals surface area contributed by atoms with Crippen molar-refractivity contribution >= 4 is 55.0 Å². The van der Waals surface area contributed by atoms with Crippen LogP contribution < -0.4 is 10.1 Å². The van der Waals surface area contributed by atoms with E-state index in [9.17, 15) is 4.39 Å². The van der Waals surface area contributed by atoms with Crippen molar-refractivity contribution in [1.29, 1.82) is 0 Å². The molecule has 0 aliphatic rings. The van der Waals surface area contributed by atoms with Crippen molar-refractivity contribution < 1.29 is 9.13 Å². The second-order valence-corrected chi connectivity index (χ2v) is 5.47. The minimum Gasteiger partial charge on any atom is -0.495 e. The highest BCUT2D eigenvalue weighted by Gasteiger charge is 2.11. The normalized spacial score (nSPS) is 10.4. The van der Waals surface area contributed by atoms with Gasteiger partial charge in [0.1, 0.15) is 5.75 Å². The van der Waals surface area contributed by atoms with Crippen LogP contribution in [0.2, 0.25) is 5.28 Å². The van der Waals surface area contributed by atoms with E-state index >= 15 is 0 Å². The van der Waals surface area contributed by atoms with Gasteiger partial charge >= 0.3 is 0 Å². The van der Waals surface area contributed by atoms with Crippen molar-refractivity contribution in [2.45, 2.75) is 0 Å². The molecule has 2 aromatic rings. The van der Waals surface area contributed by atoms with Crippen LogP contribution in [0.15, 0.2) is 27.3 Å². The van der Waals surface area contributed by atoms with Crippen LogP contribution in [0.1, 0.15) is 0 Å². The zero-order valence-electron chi connectivity index (χ0n) is 9.55. The molecule has 0 radical (unpaired) electrons. The van der Waals surface area contributed by atoms with E-state index in [4.69, 9.17) is 16.3 Å². The van der Waals surface area contributed by atoms with E-state index < -0.39 is 5.82 Å². The largest absolute Gasteiger partial charge is 0.495 e. The van der Waals surface area contributed by atoms with Gasteiger partial charge in [-0.25, -0.2) is 9.37 Å². The first kappa shape index (κ1) is 14.5. The number of aromatic nitrogens is 2. The number of rotatable bonds is 3. The van der Waals surface area contributed by atoms with Gasteiger partial charge in [0.05, 0.1) is 23.5 Å². The van der Waals surface area contributed by atoms with Crippen LogP contribution in [0.3, 0.4) is 0 Å². The molecular formula is C11H7Br2ClFN3O. The summed E-state index contributed by atoms with van der Waals surface area (Å²) in [5.74, 6) is -0.00507. The molecule has 2 rings (SSSR count). The number of methoxy groups -OCH3 is 1. The zero-order valence-corrected chi connectivity index (χ0v) is 13.5. The lowest BCUT2D eigenvalue weighted by Gasteiger charge is -2.11. The molecule has 8 heteroatoms. The minimum absolute atomic E-state index is 0.00919. The minimum atomic E-state index is -0.599. The fourth-order valence-corrected chi connectivity index (χ4v) is 2.73. The second kappa shape index (κ2) is 6.02. The molecule has 19 heavy (non-hydrogen) atoms. The second-order valence-electron chi connectivity index (χ2n) is 3.43. The summed E-state index contributed by atoms with van der Waals surface area (Å²) in [6, 6.07) is 3.48. The predicted molar refractivity (Wildman–Crippen MR) is 78.7 cm³/mol. The Kier molecular flexibility index (Phi) is 4.59. The zero-order chi connectivity index (χ0) is 14.0. The lowest BCUT2D eigenvalue weighted by atomic mass is 10.3. The Bertz CT molecular complexity index is 627. The highest BCUT2D eigenvalue weighted by Crippen LogP contribution is 2.36. The summed E-state index contributed by atoms with van der Waals surface area (Å²) in [5, 5.41) is 2.79. The van der Waals surface area contributed by atoms with Crippen molar-refractivity contribution in [2.24, 2.45) is 0 Å². The Labute approximate surface area is 130 Å². The highest BCUT2D eigenvalue weighted by atomic mass is 79.9. The molecule has 0 fully saturated rings. The molecule has 0 bridgehead atoms. The van der Waals surface area contributed by atoms with E-state index in [-0.39, 0.29) is 11.1 Å². The van der Waals surface area contributed by atoms with E-state index in [1.54, 1.807) is 19.2 Å². The Morgan fingerprint density at radius 2 is 2.05 bits per heavy atom. The maximum atomic E-state index is 13.5. The summed E-state index contributed by atoms with van der Waals surface area (Å²) < 4.78 is 20.2. The van der Waals surface area contributed by atoms with Crippen molar-refractivity contribution in [3.8, 4) is 5.75 Å². The first-order chi connectivity index (χ1) is 9.01. The van der Waals surface area contributed by atoms with E-state index in [0.29, 0.717) is 15.9 Å². The SMILES string of the molecule is COc1cc(Nc2nc(Cl)ncc2F)c(Br)cc1Br. The van der Waals surface area contributed by atoms with E-state index in [1.165, 1.54) is 0 Å². The number of nitrogens with one attached hydrogen (secondary N) is 1. The lowest BCUT2D eigenvalue weighted by Crippen LogP contribution is -2.00. The standard InChI is InChI=1S/C11H7Br2ClFN3O/c1-19-9-3-8(5(12)2-6(9)13)17-10-7(15)4-16-11(14)18-10/h2-4H,1H3,(H,16,17,18). The predicted octanol–water partition coefficient (Wildman–Crippen LogP) is 4.55. The molecule has 1 N–H and O–H groups in total. The Balaban J connectivity index is 2.40. The molecule has 0 saturated carbocycles. The number of hydrogen-bond donors (Lipinski definition) is 1. The first-order valence-electron chi connectivity index (χ1n) is 4.99. The Morgan fingerprint density at radius 1 is 1.32 bits per heavy atom. The number of benzene rings is 1. The fourth-order valence-electron chi connectivity index (χ4n) is 1.34. The molecule has 1 heterocycles. The van der Waals surface area contributed by atoms with Crippen LogP contribution in [-0.2, 0) is 0 Å². The number of ether oxygens (including phenoxy) is 1. The van der Waals surface area contributed by atoms with Crippen molar-refractivity contribution in [1.82, 2.24) is 9.97 Å². The summed E-state index contributed by atoms with van der Waals surface area (Å²) in [6.45, 7) is 0. The third kappa shape index (κ3) is 3.34. The molecular weight excluding hydrogens is 404 g/mol. The van der Waals surface area contributed by atoms with E-state index in [1.807, 2.05) is 0 Å². The van der Waals surface area contributed by atoms with Gasteiger partial charge in [-0.1, -0.05) is 0 Å². The van der Waals surface area contributed by atoms with Gasteiger partial charge in [-0.15, -0.1) is 0 Å². The summed E-state index contributed by atoms with van der Waals surface area (Å²) in [5.41, 5.74) is 0.591. The van der Waals surface area contributed by atoms with Crippen molar-refractivity contribution in [3.05, 3.63) is 38.4 Å². The van der Waals surface area contributed by atoms with Gasteiger partial charge in [-0.05, 0) is 49.5 Å². The van der Waals surface area contributed by atoms with Crippen LogP contribution in [0.4, 0.5) is 15.9 Å². The monoisotopic (exact) mass is 409 g/mol. The van der Waals surface area contributed by atoms with E-state index in [0.717, 1.165) is 10.7 Å². The number of anilines is 2. The van der Waals surface area contributed by atoms with Gasteiger partial charge in [-0.2, -0.15) is 4.98 Å². The van der Waals surface area contributed by atoms with Gasteiger partial charge in [0.25, 0.3) is 0 Å². The molecule has 0 unspecified atom stereocenters. The molecule has 0 amide bonds. The number of nitrogens with zero attached hydrogens (tertiary/aromatic N) is 2. The van der Waals surface area contributed by atoms with Crippen molar-refractivity contribution in [2.75, 3.05) is 12.4 Å². The Morgan fingerprint density at radius 3 is 2.74 bits per heavy atom. The molecule has 0 aliphatic carbocycles. The summed E-state index contributed by atoms with van der Waals surface area (Å²) >= 11 is 12.3. The summed E-state index contributed by atoms with van der Waals surface area (Å²) in [4.78, 5) is 7.33. The van der Waals surface area contributed by atoms with Gasteiger partial charge in [-0.3, -0.25) is 0 Å². The summed E-state index contributed by atoms with van der Waals surface area (Å²) in [7, 11) is 1.54. The number of hydrogen-bond acceptors (Lipinski definition) is 4.